The largest absolute Gasteiger partial charge is 0.459 e. The number of ether oxygens (including phenoxy) is 3. The van der Waals surface area contributed by atoms with Gasteiger partial charge in [0.15, 0.2) is 0 Å². The number of H-pyrrole nitrogens is 1. The van der Waals surface area contributed by atoms with Gasteiger partial charge in [-0.3, -0.25) is 14.3 Å². The first kappa shape index (κ1) is 23.2. The van der Waals surface area contributed by atoms with E-state index in [1.165, 1.54) is 16.8 Å². The molecule has 9 nitrogen and oxygen atoms in total. The summed E-state index contributed by atoms with van der Waals surface area (Å²) in [4.78, 5) is 51.0. The number of hydrogen-bond donors (Lipinski definition) is 1. The molecule has 0 spiro atoms. The molecule has 1 aliphatic heterocycles. The number of aryl methyl sites for hydroxylation is 2. The lowest BCUT2D eigenvalue weighted by atomic mass is 10.1. The molecule has 176 valence electrons. The zero-order chi connectivity index (χ0) is 24.2. The number of esters is 2. The van der Waals surface area contributed by atoms with Crippen molar-refractivity contribution in [1.29, 1.82) is 0 Å². The van der Waals surface area contributed by atoms with E-state index < -0.39 is 41.6 Å². The average molecular weight is 464 g/mol. The molecule has 4 rings (SSSR count). The molecule has 0 amide bonds. The summed E-state index contributed by atoms with van der Waals surface area (Å²) in [6.07, 6.45) is -0.971. The summed E-state index contributed by atoms with van der Waals surface area (Å²) in [5.41, 5.74) is 1.56. The molecule has 0 bridgehead atoms. The number of rotatable bonds is 6. The van der Waals surface area contributed by atoms with Crippen LogP contribution in [0.1, 0.15) is 44.5 Å². The maximum Gasteiger partial charge on any atom is 0.338 e. The summed E-state index contributed by atoms with van der Waals surface area (Å²) in [5, 5.41) is 0. The second-order valence-electron chi connectivity index (χ2n) is 8.16. The quantitative estimate of drug-likeness (QED) is 0.557. The van der Waals surface area contributed by atoms with Crippen molar-refractivity contribution in [3.63, 3.8) is 0 Å². The van der Waals surface area contributed by atoms with Crippen molar-refractivity contribution in [3.05, 3.63) is 104 Å². The van der Waals surface area contributed by atoms with Crippen molar-refractivity contribution in [3.8, 4) is 0 Å². The molecule has 2 heterocycles. The maximum atomic E-state index is 12.7. The smallest absolute Gasteiger partial charge is 0.338 e. The van der Waals surface area contributed by atoms with Gasteiger partial charge in [0.05, 0.1) is 11.1 Å². The molecule has 1 aromatic heterocycles. The van der Waals surface area contributed by atoms with Crippen molar-refractivity contribution in [1.82, 2.24) is 9.55 Å². The number of carbonyl (C=O) groups excluding carboxylic acids is 2. The molecule has 0 radical (unpaired) electrons. The number of benzene rings is 2. The average Bonchev–Trinajstić information content (AvgIpc) is 3.20. The van der Waals surface area contributed by atoms with Crippen LogP contribution in [0.4, 0.5) is 0 Å². The molecular formula is C25H24N2O7. The van der Waals surface area contributed by atoms with Gasteiger partial charge in [0.25, 0.3) is 5.56 Å². The van der Waals surface area contributed by atoms with Gasteiger partial charge in [-0.15, -0.1) is 0 Å². The third-order valence-corrected chi connectivity index (χ3v) is 5.55. The van der Waals surface area contributed by atoms with E-state index in [0.717, 1.165) is 11.1 Å². The van der Waals surface area contributed by atoms with Crippen molar-refractivity contribution in [2.24, 2.45) is 0 Å². The Balaban J connectivity index is 1.51. The van der Waals surface area contributed by atoms with E-state index >= 15 is 0 Å². The first-order valence-corrected chi connectivity index (χ1v) is 10.8. The SMILES string of the molecule is Cc1ccc(C(=O)OC[C@H]2O[C@H](n3ccc(=O)[nH]c3=O)C[C@@H]2OC(=O)c2ccc(C)cc2)cc1. The van der Waals surface area contributed by atoms with Crippen molar-refractivity contribution in [2.45, 2.75) is 38.7 Å². The van der Waals surface area contributed by atoms with Gasteiger partial charge < -0.3 is 14.2 Å². The van der Waals surface area contributed by atoms with E-state index in [2.05, 4.69) is 4.98 Å². The van der Waals surface area contributed by atoms with Crippen LogP contribution in [0, 0.1) is 13.8 Å². The molecule has 34 heavy (non-hydrogen) atoms. The van der Waals surface area contributed by atoms with E-state index in [-0.39, 0.29) is 13.0 Å². The molecule has 1 N–H and O–H groups in total. The van der Waals surface area contributed by atoms with E-state index in [1.807, 2.05) is 13.8 Å². The Morgan fingerprint density at radius 1 is 0.941 bits per heavy atom. The Hall–Kier alpha value is -3.98. The predicted molar refractivity (Wildman–Crippen MR) is 122 cm³/mol. The lowest BCUT2D eigenvalue weighted by Gasteiger charge is -2.19. The number of aromatic nitrogens is 2. The molecule has 0 unspecified atom stereocenters. The van der Waals surface area contributed by atoms with Gasteiger partial charge >= 0.3 is 17.6 Å². The van der Waals surface area contributed by atoms with Crippen LogP contribution >= 0.6 is 0 Å². The zero-order valence-corrected chi connectivity index (χ0v) is 18.7. The first-order chi connectivity index (χ1) is 16.3. The summed E-state index contributed by atoms with van der Waals surface area (Å²) in [7, 11) is 0. The van der Waals surface area contributed by atoms with Crippen LogP contribution in [-0.4, -0.2) is 40.3 Å². The minimum absolute atomic E-state index is 0.135. The highest BCUT2D eigenvalue weighted by Gasteiger charge is 2.40. The molecule has 1 saturated heterocycles. The predicted octanol–water partition coefficient (Wildman–Crippen LogP) is 2.52. The number of nitrogens with zero attached hydrogens (tertiary/aromatic N) is 1. The molecule has 0 aliphatic carbocycles. The van der Waals surface area contributed by atoms with E-state index in [4.69, 9.17) is 14.2 Å². The molecular weight excluding hydrogens is 440 g/mol. The Labute approximate surface area is 194 Å². The van der Waals surface area contributed by atoms with Gasteiger partial charge in [0, 0.05) is 18.7 Å². The Kier molecular flexibility index (Phi) is 6.74. The van der Waals surface area contributed by atoms with E-state index in [0.29, 0.717) is 11.1 Å². The van der Waals surface area contributed by atoms with Gasteiger partial charge in [0.1, 0.15) is 25.0 Å². The molecule has 9 heteroatoms. The number of hydrogen-bond acceptors (Lipinski definition) is 7. The van der Waals surface area contributed by atoms with Crippen LogP contribution in [0.15, 0.2) is 70.4 Å². The van der Waals surface area contributed by atoms with Crippen LogP contribution in [-0.2, 0) is 14.2 Å². The van der Waals surface area contributed by atoms with E-state index in [9.17, 15) is 19.2 Å². The minimum Gasteiger partial charge on any atom is -0.459 e. The number of nitrogens with one attached hydrogen (secondary N) is 1. The van der Waals surface area contributed by atoms with Crippen LogP contribution < -0.4 is 11.2 Å². The lowest BCUT2D eigenvalue weighted by molar-refractivity contribution is -0.0582. The summed E-state index contributed by atoms with van der Waals surface area (Å²) in [6.45, 7) is 3.63. The fourth-order valence-corrected chi connectivity index (χ4v) is 3.63. The molecule has 3 aromatic rings. The fraction of sp³-hybridized carbons (Fsp3) is 0.280. The topological polar surface area (TPSA) is 117 Å². The minimum atomic E-state index is -0.816. The fourth-order valence-electron chi connectivity index (χ4n) is 3.63. The molecule has 1 fully saturated rings. The highest BCUT2D eigenvalue weighted by Crippen LogP contribution is 2.31. The Bertz CT molecular complexity index is 1290. The van der Waals surface area contributed by atoms with Gasteiger partial charge in [-0.1, -0.05) is 35.4 Å². The summed E-state index contributed by atoms with van der Waals surface area (Å²) in [6, 6.07) is 15.0. The Morgan fingerprint density at radius 2 is 1.53 bits per heavy atom. The summed E-state index contributed by atoms with van der Waals surface area (Å²) < 4.78 is 18.2. The Morgan fingerprint density at radius 3 is 2.12 bits per heavy atom. The highest BCUT2D eigenvalue weighted by atomic mass is 16.6. The van der Waals surface area contributed by atoms with Crippen LogP contribution in [0.25, 0.3) is 0 Å². The van der Waals surface area contributed by atoms with Crippen molar-refractivity contribution in [2.75, 3.05) is 6.61 Å². The number of aromatic amines is 1. The summed E-state index contributed by atoms with van der Waals surface area (Å²) in [5.74, 6) is -1.10. The van der Waals surface area contributed by atoms with E-state index in [1.54, 1.807) is 48.5 Å². The lowest BCUT2D eigenvalue weighted by Crippen LogP contribution is -2.32. The van der Waals surface area contributed by atoms with Gasteiger partial charge in [-0.05, 0) is 38.1 Å². The van der Waals surface area contributed by atoms with Crippen molar-refractivity contribution >= 4 is 11.9 Å². The third kappa shape index (κ3) is 5.32. The monoisotopic (exact) mass is 464 g/mol. The molecule has 1 aliphatic rings. The van der Waals surface area contributed by atoms with Gasteiger partial charge in [0.2, 0.25) is 0 Å². The molecule has 0 saturated carbocycles. The van der Waals surface area contributed by atoms with Crippen LogP contribution in [0.5, 0.6) is 0 Å². The zero-order valence-electron chi connectivity index (χ0n) is 18.7. The van der Waals surface area contributed by atoms with Crippen molar-refractivity contribution < 1.29 is 23.8 Å². The standard InChI is InChI=1S/C25H24N2O7/c1-15-3-7-17(8-4-15)23(29)32-14-20-19(34-24(30)18-9-5-16(2)6-10-18)13-22(33-20)27-12-11-21(28)26-25(27)31/h3-12,19-20,22H,13-14H2,1-2H3,(H,26,28,31)/t19-,20+,22-/m0/s1. The second kappa shape index (κ2) is 9.88. The first-order valence-electron chi connectivity index (χ1n) is 10.8. The van der Waals surface area contributed by atoms with Crippen LogP contribution in [0.2, 0.25) is 0 Å². The highest BCUT2D eigenvalue weighted by molar-refractivity contribution is 5.90. The third-order valence-electron chi connectivity index (χ3n) is 5.55. The van der Waals surface area contributed by atoms with Crippen LogP contribution in [0.3, 0.4) is 0 Å². The number of carbonyl (C=O) groups is 2. The van der Waals surface area contributed by atoms with Gasteiger partial charge in [-0.25, -0.2) is 14.4 Å². The molecule has 2 aromatic carbocycles. The summed E-state index contributed by atoms with van der Waals surface area (Å²) >= 11 is 0. The maximum absolute atomic E-state index is 12.7. The normalized spacial score (nSPS) is 19.5. The second-order valence-corrected chi connectivity index (χ2v) is 8.16. The van der Waals surface area contributed by atoms with Gasteiger partial charge in [-0.2, -0.15) is 0 Å². The molecule has 3 atom stereocenters.